The number of hydrogen-bond acceptors (Lipinski definition) is 6. The SMILES string of the molecule is Cc1c2c(nn1C1CCCCC1)OCCC(C)Nc1nc(ncc1Cl)N2. The molecule has 1 fully saturated rings. The minimum atomic E-state index is 0.179. The maximum atomic E-state index is 6.23. The molecule has 1 saturated carbocycles. The van der Waals surface area contributed by atoms with Crippen molar-refractivity contribution in [3.8, 4) is 5.88 Å². The second-order valence-corrected chi connectivity index (χ2v) is 7.61. The molecule has 4 rings (SSSR count). The molecule has 2 aromatic rings. The van der Waals surface area contributed by atoms with Crippen molar-refractivity contribution in [1.82, 2.24) is 19.7 Å². The molecular weight excluding hydrogens is 352 g/mol. The topological polar surface area (TPSA) is 76.9 Å². The quantitative estimate of drug-likeness (QED) is 0.764. The van der Waals surface area contributed by atoms with E-state index in [0.29, 0.717) is 35.3 Å². The van der Waals surface area contributed by atoms with Gasteiger partial charge in [-0.3, -0.25) is 4.68 Å². The van der Waals surface area contributed by atoms with Crippen LogP contribution in [0.3, 0.4) is 0 Å². The van der Waals surface area contributed by atoms with Crippen molar-refractivity contribution in [2.24, 2.45) is 0 Å². The third kappa shape index (κ3) is 3.45. The fourth-order valence-corrected chi connectivity index (χ4v) is 3.84. The van der Waals surface area contributed by atoms with Crippen LogP contribution in [-0.2, 0) is 0 Å². The average Bonchev–Trinajstić information content (AvgIpc) is 2.93. The number of hydrogen-bond donors (Lipinski definition) is 2. The summed E-state index contributed by atoms with van der Waals surface area (Å²) in [7, 11) is 0. The van der Waals surface area contributed by atoms with Gasteiger partial charge in [0, 0.05) is 12.5 Å². The minimum Gasteiger partial charge on any atom is -0.475 e. The Morgan fingerprint density at radius 1 is 1.23 bits per heavy atom. The summed E-state index contributed by atoms with van der Waals surface area (Å²) < 4.78 is 8.15. The van der Waals surface area contributed by atoms with E-state index in [2.05, 4.69) is 39.1 Å². The van der Waals surface area contributed by atoms with Gasteiger partial charge in [0.25, 0.3) is 5.88 Å². The normalized spacial score (nSPS) is 21.0. The molecule has 2 aromatic heterocycles. The zero-order chi connectivity index (χ0) is 18.1. The predicted molar refractivity (Wildman–Crippen MR) is 103 cm³/mol. The van der Waals surface area contributed by atoms with Gasteiger partial charge in [-0.25, -0.2) is 4.98 Å². The standard InChI is InChI=1S/C18H25ClN6O/c1-11-8-9-26-17-15(22-18-20-10-14(19)16(21-11)23-18)12(2)25(24-17)13-6-4-3-5-7-13/h10-11,13H,3-9H2,1-2H3,(H2,20,21,22,23). The molecule has 1 aliphatic heterocycles. The van der Waals surface area contributed by atoms with Crippen molar-refractivity contribution >= 4 is 29.1 Å². The molecule has 8 heteroatoms. The molecule has 1 atom stereocenters. The molecule has 0 amide bonds. The average molecular weight is 377 g/mol. The van der Waals surface area contributed by atoms with E-state index in [-0.39, 0.29) is 6.04 Å². The lowest BCUT2D eigenvalue weighted by Crippen LogP contribution is -2.19. The second-order valence-electron chi connectivity index (χ2n) is 7.20. The van der Waals surface area contributed by atoms with Gasteiger partial charge in [0.05, 0.1) is 24.5 Å². The lowest BCUT2D eigenvalue weighted by molar-refractivity contribution is 0.276. The van der Waals surface area contributed by atoms with E-state index in [4.69, 9.17) is 21.4 Å². The van der Waals surface area contributed by atoms with E-state index in [9.17, 15) is 0 Å². The molecule has 2 bridgehead atoms. The fraction of sp³-hybridized carbons (Fsp3) is 0.611. The summed E-state index contributed by atoms with van der Waals surface area (Å²) in [6, 6.07) is 0.621. The smallest absolute Gasteiger partial charge is 0.257 e. The summed E-state index contributed by atoms with van der Waals surface area (Å²) in [6.07, 6.45) is 8.62. The molecule has 2 aliphatic rings. The zero-order valence-electron chi connectivity index (χ0n) is 15.3. The predicted octanol–water partition coefficient (Wildman–Crippen LogP) is 4.47. The third-order valence-electron chi connectivity index (χ3n) is 5.19. The molecule has 3 heterocycles. The van der Waals surface area contributed by atoms with E-state index in [1.165, 1.54) is 32.1 Å². The van der Waals surface area contributed by atoms with Crippen LogP contribution >= 0.6 is 11.6 Å². The van der Waals surface area contributed by atoms with Crippen molar-refractivity contribution in [3.63, 3.8) is 0 Å². The van der Waals surface area contributed by atoms with Crippen LogP contribution in [0.5, 0.6) is 5.88 Å². The first-order chi connectivity index (χ1) is 12.6. The molecule has 140 valence electrons. The van der Waals surface area contributed by atoms with Gasteiger partial charge in [-0.15, -0.1) is 5.10 Å². The van der Waals surface area contributed by atoms with Gasteiger partial charge in [0.15, 0.2) is 5.82 Å². The first kappa shape index (κ1) is 17.4. The van der Waals surface area contributed by atoms with Crippen LogP contribution in [-0.4, -0.2) is 32.4 Å². The minimum absolute atomic E-state index is 0.179. The molecule has 1 aliphatic carbocycles. The molecule has 2 N–H and O–H groups in total. The van der Waals surface area contributed by atoms with Crippen LogP contribution in [0.1, 0.15) is 57.2 Å². The largest absolute Gasteiger partial charge is 0.475 e. The fourth-order valence-electron chi connectivity index (χ4n) is 3.70. The van der Waals surface area contributed by atoms with Crippen molar-refractivity contribution in [2.75, 3.05) is 17.2 Å². The van der Waals surface area contributed by atoms with Crippen LogP contribution in [0, 0.1) is 6.92 Å². The van der Waals surface area contributed by atoms with Crippen LogP contribution in [0.25, 0.3) is 0 Å². The Bertz CT molecular complexity index is 786. The van der Waals surface area contributed by atoms with E-state index in [1.807, 2.05) is 0 Å². The highest BCUT2D eigenvalue weighted by molar-refractivity contribution is 6.32. The highest BCUT2D eigenvalue weighted by atomic mass is 35.5. The summed E-state index contributed by atoms with van der Waals surface area (Å²) in [5.41, 5.74) is 1.91. The van der Waals surface area contributed by atoms with Gasteiger partial charge in [0.1, 0.15) is 10.7 Å². The molecular formula is C18H25ClN6O. The van der Waals surface area contributed by atoms with Gasteiger partial charge in [-0.1, -0.05) is 30.9 Å². The van der Waals surface area contributed by atoms with Crippen molar-refractivity contribution in [3.05, 3.63) is 16.9 Å². The summed E-state index contributed by atoms with van der Waals surface area (Å²) >= 11 is 6.23. The maximum absolute atomic E-state index is 6.23. The van der Waals surface area contributed by atoms with Crippen molar-refractivity contribution < 1.29 is 4.74 Å². The van der Waals surface area contributed by atoms with Crippen LogP contribution in [0.4, 0.5) is 17.5 Å². The van der Waals surface area contributed by atoms with Crippen molar-refractivity contribution in [1.29, 1.82) is 0 Å². The monoisotopic (exact) mass is 376 g/mol. The Kier molecular flexibility index (Phi) is 4.89. The van der Waals surface area contributed by atoms with Gasteiger partial charge in [-0.2, -0.15) is 4.98 Å². The number of nitrogens with one attached hydrogen (secondary N) is 2. The van der Waals surface area contributed by atoms with Gasteiger partial charge in [0.2, 0.25) is 5.95 Å². The number of rotatable bonds is 1. The molecule has 7 nitrogen and oxygen atoms in total. The number of fused-ring (bicyclic) bond motifs is 3. The number of nitrogens with zero attached hydrogens (tertiary/aromatic N) is 4. The van der Waals surface area contributed by atoms with Crippen molar-refractivity contribution in [2.45, 2.75) is 64.5 Å². The number of anilines is 3. The molecule has 0 radical (unpaired) electrons. The number of ether oxygens (including phenoxy) is 1. The first-order valence-electron chi connectivity index (χ1n) is 9.40. The zero-order valence-corrected chi connectivity index (χ0v) is 16.0. The lowest BCUT2D eigenvalue weighted by atomic mass is 9.95. The highest BCUT2D eigenvalue weighted by Gasteiger charge is 2.24. The van der Waals surface area contributed by atoms with Crippen LogP contribution < -0.4 is 15.4 Å². The van der Waals surface area contributed by atoms with Gasteiger partial charge < -0.3 is 15.4 Å². The second kappa shape index (κ2) is 7.31. The summed E-state index contributed by atoms with van der Waals surface area (Å²) in [5, 5.41) is 11.9. The van der Waals surface area contributed by atoms with Gasteiger partial charge in [-0.05, 0) is 26.7 Å². The number of halogens is 1. The Morgan fingerprint density at radius 3 is 2.85 bits per heavy atom. The van der Waals surface area contributed by atoms with E-state index < -0.39 is 0 Å². The summed E-state index contributed by atoms with van der Waals surface area (Å²) in [4.78, 5) is 8.84. The summed E-state index contributed by atoms with van der Waals surface area (Å²) in [5.74, 6) is 1.75. The molecule has 26 heavy (non-hydrogen) atoms. The van der Waals surface area contributed by atoms with Crippen LogP contribution in [0.15, 0.2) is 6.20 Å². The molecule has 0 spiro atoms. The van der Waals surface area contributed by atoms with E-state index >= 15 is 0 Å². The van der Waals surface area contributed by atoms with E-state index in [1.54, 1.807) is 6.20 Å². The Balaban J connectivity index is 1.72. The Hall–Kier alpha value is -2.02. The first-order valence-corrected chi connectivity index (χ1v) is 9.77. The molecule has 1 unspecified atom stereocenters. The molecule has 0 saturated heterocycles. The lowest BCUT2D eigenvalue weighted by Gasteiger charge is -2.23. The third-order valence-corrected chi connectivity index (χ3v) is 5.47. The Labute approximate surface area is 158 Å². The maximum Gasteiger partial charge on any atom is 0.257 e. The Morgan fingerprint density at radius 2 is 2.04 bits per heavy atom. The van der Waals surface area contributed by atoms with Gasteiger partial charge >= 0.3 is 0 Å². The number of aromatic nitrogens is 4. The molecule has 0 aromatic carbocycles. The van der Waals surface area contributed by atoms with Crippen LogP contribution in [0.2, 0.25) is 5.02 Å². The summed E-state index contributed by atoms with van der Waals surface area (Å²) in [6.45, 7) is 4.73. The van der Waals surface area contributed by atoms with E-state index in [0.717, 1.165) is 17.8 Å². The highest BCUT2D eigenvalue weighted by Crippen LogP contribution is 2.36.